The Hall–Kier alpha value is -1.67. The molecule has 0 aliphatic carbocycles. The van der Waals surface area contributed by atoms with Gasteiger partial charge in [0.25, 0.3) is 0 Å². The minimum atomic E-state index is -1.03. The molecule has 7 heteroatoms. The molecule has 1 aromatic rings. The third-order valence-corrected chi connectivity index (χ3v) is 4.03. The van der Waals surface area contributed by atoms with E-state index in [1.54, 1.807) is 19.1 Å². The number of aromatic hydroxyl groups is 1. The Balaban J connectivity index is 1.81. The van der Waals surface area contributed by atoms with Gasteiger partial charge in [0.2, 0.25) is 5.91 Å². The summed E-state index contributed by atoms with van der Waals surface area (Å²) in [5, 5.41) is 31.0. The van der Waals surface area contributed by atoms with Crippen molar-refractivity contribution in [3.63, 3.8) is 0 Å². The van der Waals surface area contributed by atoms with Crippen molar-refractivity contribution in [3.05, 3.63) is 29.8 Å². The van der Waals surface area contributed by atoms with Crippen molar-refractivity contribution < 1.29 is 20.1 Å². The van der Waals surface area contributed by atoms with E-state index in [0.29, 0.717) is 19.3 Å². The highest BCUT2D eigenvalue weighted by Crippen LogP contribution is 2.24. The second-order valence-corrected chi connectivity index (χ2v) is 6.26. The number of aliphatic hydroxyl groups is 2. The summed E-state index contributed by atoms with van der Waals surface area (Å²) in [6.45, 7) is 1.81. The zero-order valence-corrected chi connectivity index (χ0v) is 13.2. The lowest BCUT2D eigenvalue weighted by Gasteiger charge is -2.24. The maximum atomic E-state index is 12.2. The van der Waals surface area contributed by atoms with Gasteiger partial charge in [0.15, 0.2) is 0 Å². The number of carbonyl (C=O) groups excluding carboxylic acids is 1. The summed E-state index contributed by atoms with van der Waals surface area (Å²) in [5.41, 5.74) is 5.98. The van der Waals surface area contributed by atoms with Crippen LogP contribution in [-0.4, -0.2) is 46.0 Å². The molecule has 0 saturated carbocycles. The minimum Gasteiger partial charge on any atom is -0.508 e. The zero-order valence-electron chi connectivity index (χ0n) is 13.2. The Labute approximate surface area is 135 Å². The van der Waals surface area contributed by atoms with Crippen molar-refractivity contribution >= 4 is 5.91 Å². The Morgan fingerprint density at radius 2 is 2.04 bits per heavy atom. The minimum absolute atomic E-state index is 0.0127. The number of benzene rings is 1. The van der Waals surface area contributed by atoms with Crippen molar-refractivity contribution in [2.24, 2.45) is 0 Å². The lowest BCUT2D eigenvalue weighted by atomic mass is 9.99. The van der Waals surface area contributed by atoms with Gasteiger partial charge in [-0.15, -0.1) is 0 Å². The average molecular weight is 323 g/mol. The van der Waals surface area contributed by atoms with E-state index in [1.807, 2.05) is 12.1 Å². The molecule has 1 aliphatic rings. The maximum Gasteiger partial charge on any atom is 0.238 e. The first-order valence-corrected chi connectivity index (χ1v) is 7.82. The molecule has 3 unspecified atom stereocenters. The topological polar surface area (TPSA) is 114 Å². The highest BCUT2D eigenvalue weighted by Gasteiger charge is 2.31. The number of hydrazine groups is 1. The fraction of sp³-hybridized carbons (Fsp3) is 0.562. The molecule has 1 heterocycles. The van der Waals surface area contributed by atoms with E-state index in [-0.39, 0.29) is 36.9 Å². The number of rotatable bonds is 7. The first kappa shape index (κ1) is 17.7. The summed E-state index contributed by atoms with van der Waals surface area (Å²) in [4.78, 5) is 12.2. The van der Waals surface area contributed by atoms with Gasteiger partial charge < -0.3 is 20.6 Å². The highest BCUT2D eigenvalue weighted by atomic mass is 16.3. The van der Waals surface area contributed by atoms with Gasteiger partial charge in [0, 0.05) is 19.2 Å². The van der Waals surface area contributed by atoms with Crippen LogP contribution in [0.3, 0.4) is 0 Å². The van der Waals surface area contributed by atoms with E-state index in [0.717, 1.165) is 5.56 Å². The van der Waals surface area contributed by atoms with Crippen molar-refractivity contribution in [1.29, 1.82) is 0 Å². The highest BCUT2D eigenvalue weighted by molar-refractivity contribution is 5.82. The van der Waals surface area contributed by atoms with Crippen LogP contribution < -0.4 is 16.2 Å². The Bertz CT molecular complexity index is 519. The summed E-state index contributed by atoms with van der Waals surface area (Å²) in [5.74, 6) is 0.0298. The summed E-state index contributed by atoms with van der Waals surface area (Å²) >= 11 is 0. The molecule has 23 heavy (non-hydrogen) atoms. The van der Waals surface area contributed by atoms with Crippen molar-refractivity contribution in [2.75, 3.05) is 13.2 Å². The van der Waals surface area contributed by atoms with Gasteiger partial charge in [-0.25, -0.2) is 10.9 Å². The van der Waals surface area contributed by atoms with Crippen LogP contribution in [-0.2, 0) is 4.79 Å². The monoisotopic (exact) mass is 323 g/mol. The van der Waals surface area contributed by atoms with E-state index in [4.69, 9.17) is 5.11 Å². The molecule has 0 spiro atoms. The lowest BCUT2D eigenvalue weighted by molar-refractivity contribution is -0.124. The van der Waals surface area contributed by atoms with E-state index in [1.165, 1.54) is 0 Å². The fourth-order valence-corrected chi connectivity index (χ4v) is 2.60. The Kier molecular flexibility index (Phi) is 5.95. The number of hydrogen-bond acceptors (Lipinski definition) is 6. The van der Waals surface area contributed by atoms with Crippen molar-refractivity contribution in [3.8, 4) is 5.75 Å². The number of amides is 1. The molecule has 1 amide bonds. The maximum absolute atomic E-state index is 12.2. The normalized spacial score (nSPS) is 23.4. The summed E-state index contributed by atoms with van der Waals surface area (Å²) in [7, 11) is 0. The van der Waals surface area contributed by atoms with Gasteiger partial charge in [-0.3, -0.25) is 4.79 Å². The van der Waals surface area contributed by atoms with Crippen LogP contribution in [0.1, 0.15) is 37.8 Å². The van der Waals surface area contributed by atoms with Crippen LogP contribution in [0.4, 0.5) is 0 Å². The van der Waals surface area contributed by atoms with Gasteiger partial charge in [-0.05, 0) is 43.9 Å². The molecule has 1 aromatic carbocycles. The van der Waals surface area contributed by atoms with Crippen LogP contribution in [0.2, 0.25) is 0 Å². The largest absolute Gasteiger partial charge is 0.508 e. The molecule has 7 nitrogen and oxygen atoms in total. The zero-order chi connectivity index (χ0) is 16.9. The standard InChI is InChI=1S/C16H25N3O4/c1-16(23,7-2-8-20)10-17-15(22)14-9-13(18-19-14)11-3-5-12(21)6-4-11/h3-6,13-14,18-21,23H,2,7-10H2,1H3,(H,17,22). The molecular weight excluding hydrogens is 298 g/mol. The third kappa shape index (κ3) is 5.18. The lowest BCUT2D eigenvalue weighted by Crippen LogP contribution is -2.48. The van der Waals surface area contributed by atoms with E-state index in [2.05, 4.69) is 16.2 Å². The molecule has 0 radical (unpaired) electrons. The summed E-state index contributed by atoms with van der Waals surface area (Å²) in [6, 6.07) is 6.46. The number of nitrogens with one attached hydrogen (secondary N) is 3. The summed E-state index contributed by atoms with van der Waals surface area (Å²) < 4.78 is 0. The van der Waals surface area contributed by atoms with Crippen LogP contribution in [0.25, 0.3) is 0 Å². The number of hydrogen-bond donors (Lipinski definition) is 6. The molecule has 1 aliphatic heterocycles. The quantitative estimate of drug-likeness (QED) is 0.419. The average Bonchev–Trinajstić information content (AvgIpc) is 3.01. The Morgan fingerprint density at radius 3 is 2.70 bits per heavy atom. The SMILES string of the molecule is CC(O)(CCCO)CNC(=O)C1CC(c2ccc(O)cc2)NN1. The Morgan fingerprint density at radius 1 is 1.35 bits per heavy atom. The molecule has 1 fully saturated rings. The number of carbonyl (C=O) groups is 1. The van der Waals surface area contributed by atoms with E-state index >= 15 is 0 Å². The number of phenols is 1. The fourth-order valence-electron chi connectivity index (χ4n) is 2.60. The molecule has 6 N–H and O–H groups in total. The molecule has 128 valence electrons. The third-order valence-electron chi connectivity index (χ3n) is 4.03. The van der Waals surface area contributed by atoms with Gasteiger partial charge in [0.05, 0.1) is 5.60 Å². The second-order valence-electron chi connectivity index (χ2n) is 6.26. The second kappa shape index (κ2) is 7.74. The number of phenolic OH excluding ortho intramolecular Hbond substituents is 1. The van der Waals surface area contributed by atoms with E-state index in [9.17, 15) is 15.0 Å². The number of aliphatic hydroxyl groups excluding tert-OH is 1. The molecule has 1 saturated heterocycles. The molecule has 0 bridgehead atoms. The summed E-state index contributed by atoms with van der Waals surface area (Å²) in [6.07, 6.45) is 1.50. The van der Waals surface area contributed by atoms with Crippen molar-refractivity contribution in [1.82, 2.24) is 16.2 Å². The van der Waals surface area contributed by atoms with Gasteiger partial charge in [-0.2, -0.15) is 0 Å². The molecule has 2 rings (SSSR count). The van der Waals surface area contributed by atoms with Crippen molar-refractivity contribution in [2.45, 2.75) is 43.9 Å². The predicted molar refractivity (Wildman–Crippen MR) is 85.5 cm³/mol. The first-order chi connectivity index (χ1) is 10.9. The van der Waals surface area contributed by atoms with E-state index < -0.39 is 5.60 Å². The van der Waals surface area contributed by atoms with Crippen LogP contribution in [0.15, 0.2) is 24.3 Å². The van der Waals surface area contributed by atoms with Gasteiger partial charge >= 0.3 is 0 Å². The molecule has 0 aromatic heterocycles. The molecular formula is C16H25N3O4. The first-order valence-electron chi connectivity index (χ1n) is 7.82. The van der Waals surface area contributed by atoms with Gasteiger partial charge in [0.1, 0.15) is 11.8 Å². The van der Waals surface area contributed by atoms with Crippen LogP contribution in [0.5, 0.6) is 5.75 Å². The molecule has 3 atom stereocenters. The van der Waals surface area contributed by atoms with Gasteiger partial charge in [-0.1, -0.05) is 12.1 Å². The smallest absolute Gasteiger partial charge is 0.238 e. The predicted octanol–water partition coefficient (Wildman–Crippen LogP) is -0.0605. The van der Waals surface area contributed by atoms with Crippen LogP contribution in [0, 0.1) is 0 Å². The van der Waals surface area contributed by atoms with Crippen LogP contribution >= 0.6 is 0 Å².